The van der Waals surface area contributed by atoms with Gasteiger partial charge in [-0.3, -0.25) is 4.79 Å². The van der Waals surface area contributed by atoms with Crippen LogP contribution < -0.4 is 4.74 Å². The number of hydrogen-bond donors (Lipinski definition) is 0. The molecule has 0 saturated heterocycles. The minimum Gasteiger partial charge on any atom is -0.492 e. The van der Waals surface area contributed by atoms with Gasteiger partial charge >= 0.3 is 5.97 Å². The fraction of sp³-hybridized carbons (Fsp3) is 0.364. The maximum Gasteiger partial charge on any atom is 0.316 e. The zero-order chi connectivity index (χ0) is 11.0. The Bertz CT molecular complexity index is 415. The Morgan fingerprint density at radius 3 is 3.00 bits per heavy atom. The molecule has 0 spiro atoms. The molecule has 0 aliphatic carbocycles. The number of ether oxygens (including phenoxy) is 2. The highest BCUT2D eigenvalue weighted by atomic mass is 35.5. The highest BCUT2D eigenvalue weighted by molar-refractivity contribution is 6.32. The smallest absolute Gasteiger partial charge is 0.316 e. The average Bonchev–Trinajstić information content (AvgIpc) is 2.60. The number of hydrogen-bond acceptors (Lipinski definition) is 3. The second-order valence-electron chi connectivity index (χ2n) is 3.55. The third-order valence-corrected chi connectivity index (χ3v) is 2.79. The molecule has 4 heteroatoms. The van der Waals surface area contributed by atoms with Crippen LogP contribution in [-0.4, -0.2) is 19.7 Å². The Labute approximate surface area is 92.9 Å². The lowest BCUT2D eigenvalue weighted by atomic mass is 10.0. The van der Waals surface area contributed by atoms with E-state index in [1.165, 1.54) is 7.11 Å². The Hall–Kier alpha value is -1.22. The van der Waals surface area contributed by atoms with Crippen molar-refractivity contribution in [3.63, 3.8) is 0 Å². The van der Waals surface area contributed by atoms with Crippen LogP contribution in [-0.2, 0) is 9.53 Å². The van der Waals surface area contributed by atoms with Gasteiger partial charge in [0, 0.05) is 10.6 Å². The number of aryl methyl sites for hydroxylation is 1. The van der Waals surface area contributed by atoms with E-state index in [1.807, 2.05) is 19.1 Å². The van der Waals surface area contributed by atoms with E-state index in [-0.39, 0.29) is 5.97 Å². The van der Waals surface area contributed by atoms with Crippen LogP contribution in [0.1, 0.15) is 17.0 Å². The van der Waals surface area contributed by atoms with Gasteiger partial charge in [0.15, 0.2) is 0 Å². The van der Waals surface area contributed by atoms with Crippen molar-refractivity contribution in [1.82, 2.24) is 0 Å². The maximum atomic E-state index is 11.5. The van der Waals surface area contributed by atoms with Crippen LogP contribution in [0.4, 0.5) is 0 Å². The van der Waals surface area contributed by atoms with Crippen molar-refractivity contribution >= 4 is 17.6 Å². The molecule has 0 amide bonds. The largest absolute Gasteiger partial charge is 0.492 e. The van der Waals surface area contributed by atoms with Crippen LogP contribution in [0.15, 0.2) is 12.1 Å². The quantitative estimate of drug-likeness (QED) is 0.690. The number of carbonyl (C=O) groups is 1. The minimum absolute atomic E-state index is 0.306. The van der Waals surface area contributed by atoms with Gasteiger partial charge in [0.2, 0.25) is 0 Å². The molecule has 0 N–H and O–H groups in total. The highest BCUT2D eigenvalue weighted by Crippen LogP contribution is 2.40. The molecule has 0 bridgehead atoms. The first kappa shape index (κ1) is 10.3. The summed E-state index contributed by atoms with van der Waals surface area (Å²) in [5.74, 6) is -0.00648. The highest BCUT2D eigenvalue weighted by Gasteiger charge is 2.33. The first-order chi connectivity index (χ1) is 7.13. The van der Waals surface area contributed by atoms with E-state index in [2.05, 4.69) is 0 Å². The fourth-order valence-corrected chi connectivity index (χ4v) is 2.16. The van der Waals surface area contributed by atoms with E-state index in [1.54, 1.807) is 0 Å². The summed E-state index contributed by atoms with van der Waals surface area (Å²) in [4.78, 5) is 11.5. The molecule has 80 valence electrons. The summed E-state index contributed by atoms with van der Waals surface area (Å²) in [6.07, 6.45) is 0. The van der Waals surface area contributed by atoms with Gasteiger partial charge in [-0.2, -0.15) is 0 Å². The Balaban J connectivity index is 2.46. The topological polar surface area (TPSA) is 35.5 Å². The van der Waals surface area contributed by atoms with E-state index in [0.29, 0.717) is 17.4 Å². The molecular weight excluding hydrogens is 216 g/mol. The summed E-state index contributed by atoms with van der Waals surface area (Å²) in [6, 6.07) is 3.70. The summed E-state index contributed by atoms with van der Waals surface area (Å²) >= 11 is 6.08. The van der Waals surface area contributed by atoms with Crippen LogP contribution in [0.3, 0.4) is 0 Å². The number of esters is 1. The molecule has 1 aliphatic heterocycles. The lowest BCUT2D eigenvalue weighted by Gasteiger charge is -2.07. The van der Waals surface area contributed by atoms with Crippen LogP contribution in [0.25, 0.3) is 0 Å². The van der Waals surface area contributed by atoms with Crippen molar-refractivity contribution in [3.05, 3.63) is 28.3 Å². The van der Waals surface area contributed by atoms with Crippen molar-refractivity contribution in [2.75, 3.05) is 13.7 Å². The van der Waals surface area contributed by atoms with Gasteiger partial charge in [0.25, 0.3) is 0 Å². The maximum absolute atomic E-state index is 11.5. The van der Waals surface area contributed by atoms with E-state index < -0.39 is 5.92 Å². The van der Waals surface area contributed by atoms with Gasteiger partial charge in [-0.25, -0.2) is 0 Å². The van der Waals surface area contributed by atoms with E-state index >= 15 is 0 Å². The molecule has 0 saturated carbocycles. The molecule has 1 aromatic rings. The van der Waals surface area contributed by atoms with Gasteiger partial charge in [-0.1, -0.05) is 11.6 Å². The Kier molecular flexibility index (Phi) is 2.57. The molecule has 0 aromatic heterocycles. The second-order valence-corrected chi connectivity index (χ2v) is 3.95. The molecule has 0 radical (unpaired) electrons. The first-order valence-corrected chi connectivity index (χ1v) is 5.02. The Morgan fingerprint density at radius 1 is 1.60 bits per heavy atom. The average molecular weight is 227 g/mol. The van der Waals surface area contributed by atoms with Gasteiger partial charge in [0.05, 0.1) is 7.11 Å². The summed E-state index contributed by atoms with van der Waals surface area (Å²) in [6.45, 7) is 2.24. The number of methoxy groups -OCH3 is 1. The summed E-state index contributed by atoms with van der Waals surface area (Å²) < 4.78 is 10.1. The monoisotopic (exact) mass is 226 g/mol. The van der Waals surface area contributed by atoms with Gasteiger partial charge in [-0.05, 0) is 24.6 Å². The van der Waals surface area contributed by atoms with E-state index in [9.17, 15) is 4.79 Å². The standard InChI is InChI=1S/C11H11ClO3/c1-6-3-8(12)10-7(11(13)14-2)5-15-9(10)4-6/h3-4,7H,5H2,1-2H3. The van der Waals surface area contributed by atoms with Crippen LogP contribution in [0.5, 0.6) is 5.75 Å². The number of halogens is 1. The molecule has 15 heavy (non-hydrogen) atoms. The van der Waals surface area contributed by atoms with Crippen molar-refractivity contribution < 1.29 is 14.3 Å². The van der Waals surface area contributed by atoms with Gasteiger partial charge < -0.3 is 9.47 Å². The summed E-state index contributed by atoms with van der Waals surface area (Å²) in [7, 11) is 1.36. The van der Waals surface area contributed by atoms with Gasteiger partial charge in [0.1, 0.15) is 18.3 Å². The molecule has 1 aromatic carbocycles. The Morgan fingerprint density at radius 2 is 2.33 bits per heavy atom. The predicted octanol–water partition coefficient (Wildman–Crippen LogP) is 2.30. The van der Waals surface area contributed by atoms with Gasteiger partial charge in [-0.15, -0.1) is 0 Å². The third kappa shape index (κ3) is 1.67. The second kappa shape index (κ2) is 3.74. The predicted molar refractivity (Wildman–Crippen MR) is 56.4 cm³/mol. The van der Waals surface area contributed by atoms with Crippen LogP contribution >= 0.6 is 11.6 Å². The van der Waals surface area contributed by atoms with Crippen LogP contribution in [0.2, 0.25) is 5.02 Å². The number of benzene rings is 1. The molecule has 1 aliphatic rings. The van der Waals surface area contributed by atoms with Crippen molar-refractivity contribution in [2.45, 2.75) is 12.8 Å². The zero-order valence-electron chi connectivity index (χ0n) is 8.54. The summed E-state index contributed by atoms with van der Waals surface area (Å²) in [5, 5.41) is 0.568. The van der Waals surface area contributed by atoms with Crippen molar-refractivity contribution in [2.24, 2.45) is 0 Å². The molecule has 1 unspecified atom stereocenters. The van der Waals surface area contributed by atoms with Crippen molar-refractivity contribution in [3.8, 4) is 5.75 Å². The first-order valence-electron chi connectivity index (χ1n) is 4.64. The lowest BCUT2D eigenvalue weighted by molar-refractivity contribution is -0.142. The molecule has 3 nitrogen and oxygen atoms in total. The number of carbonyl (C=O) groups excluding carboxylic acids is 1. The molecule has 0 fully saturated rings. The molecule has 1 heterocycles. The van der Waals surface area contributed by atoms with Crippen molar-refractivity contribution in [1.29, 1.82) is 0 Å². The van der Waals surface area contributed by atoms with Crippen LogP contribution in [0, 0.1) is 6.92 Å². The summed E-state index contributed by atoms with van der Waals surface area (Å²) in [5.41, 5.74) is 1.76. The normalized spacial score (nSPS) is 18.2. The number of rotatable bonds is 1. The molecule has 1 atom stereocenters. The zero-order valence-corrected chi connectivity index (χ0v) is 9.30. The fourth-order valence-electron chi connectivity index (χ4n) is 1.76. The SMILES string of the molecule is COC(=O)C1COc2cc(C)cc(Cl)c21. The third-order valence-electron chi connectivity index (χ3n) is 2.48. The molecule has 2 rings (SSSR count). The van der Waals surface area contributed by atoms with E-state index in [0.717, 1.165) is 11.1 Å². The lowest BCUT2D eigenvalue weighted by Crippen LogP contribution is -2.15. The minimum atomic E-state index is -0.391. The molecular formula is C11H11ClO3. The number of fused-ring (bicyclic) bond motifs is 1. The van der Waals surface area contributed by atoms with E-state index in [4.69, 9.17) is 21.1 Å².